The van der Waals surface area contributed by atoms with Gasteiger partial charge in [0.15, 0.2) is 5.78 Å². The zero-order valence-corrected chi connectivity index (χ0v) is 13.2. The highest BCUT2D eigenvalue weighted by Crippen LogP contribution is 2.39. The summed E-state index contributed by atoms with van der Waals surface area (Å²) in [6.07, 6.45) is 1.69. The molecule has 1 aliphatic heterocycles. The van der Waals surface area contributed by atoms with E-state index in [1.807, 2.05) is 36.4 Å². The number of anilines is 1. The molecule has 1 aromatic heterocycles. The highest BCUT2D eigenvalue weighted by Gasteiger charge is 2.34. The van der Waals surface area contributed by atoms with Crippen molar-refractivity contribution >= 4 is 11.6 Å². The van der Waals surface area contributed by atoms with Crippen molar-refractivity contribution in [3.05, 3.63) is 77.7 Å². The van der Waals surface area contributed by atoms with E-state index in [0.29, 0.717) is 12.4 Å². The topological polar surface area (TPSA) is 62.2 Å². The predicted octanol–water partition coefficient (Wildman–Crippen LogP) is 3.99. The van der Waals surface area contributed by atoms with Crippen molar-refractivity contribution in [2.45, 2.75) is 5.92 Å². The Balaban J connectivity index is 1.82. The van der Waals surface area contributed by atoms with Gasteiger partial charge in [-0.3, -0.25) is 4.79 Å². The number of fused-ring (bicyclic) bond motifs is 1. The standard InChI is InChI=1S/C20H15FN2O2/c21-17-7-6-13(24)10-15(17)19(25)16-11-23-20-18(16)14(8-9-22-20)12-4-2-1-3-5-12/h1-10,16,24H,11H2,(H,22,23). The van der Waals surface area contributed by atoms with Crippen LogP contribution < -0.4 is 5.32 Å². The number of hydrogen-bond donors (Lipinski definition) is 2. The molecule has 1 unspecified atom stereocenters. The lowest BCUT2D eigenvalue weighted by atomic mass is 9.88. The number of aromatic hydroxyl groups is 1. The Kier molecular flexibility index (Phi) is 3.69. The number of rotatable bonds is 3. The van der Waals surface area contributed by atoms with Gasteiger partial charge in [0, 0.05) is 18.3 Å². The van der Waals surface area contributed by atoms with Gasteiger partial charge in [0.2, 0.25) is 0 Å². The molecule has 0 fully saturated rings. The first-order valence-corrected chi connectivity index (χ1v) is 7.96. The minimum atomic E-state index is -0.638. The van der Waals surface area contributed by atoms with Crippen LogP contribution in [0.2, 0.25) is 0 Å². The first kappa shape index (κ1) is 15.3. The summed E-state index contributed by atoms with van der Waals surface area (Å²) in [5.41, 5.74) is 2.53. The minimum Gasteiger partial charge on any atom is -0.508 e. The Morgan fingerprint density at radius 3 is 2.76 bits per heavy atom. The van der Waals surface area contributed by atoms with Gasteiger partial charge in [-0.1, -0.05) is 30.3 Å². The number of pyridine rings is 1. The first-order valence-electron chi connectivity index (χ1n) is 7.96. The van der Waals surface area contributed by atoms with E-state index in [-0.39, 0.29) is 17.1 Å². The van der Waals surface area contributed by atoms with Crippen LogP contribution >= 0.6 is 0 Å². The number of phenolic OH excluding ortho intramolecular Hbond substituents is 1. The number of carbonyl (C=O) groups is 1. The number of nitrogens with one attached hydrogen (secondary N) is 1. The summed E-state index contributed by atoms with van der Waals surface area (Å²) in [5, 5.41) is 12.7. The average molecular weight is 334 g/mol. The summed E-state index contributed by atoms with van der Waals surface area (Å²) in [6, 6.07) is 15.1. The average Bonchev–Trinajstić information content (AvgIpc) is 3.08. The molecule has 2 aromatic carbocycles. The molecule has 124 valence electrons. The molecule has 4 nitrogen and oxygen atoms in total. The molecule has 3 aromatic rings. The molecule has 1 atom stereocenters. The normalized spacial score (nSPS) is 15.5. The molecule has 0 bridgehead atoms. The molecule has 25 heavy (non-hydrogen) atoms. The third kappa shape index (κ3) is 2.63. The molecule has 0 saturated carbocycles. The van der Waals surface area contributed by atoms with E-state index < -0.39 is 11.7 Å². The van der Waals surface area contributed by atoms with Gasteiger partial charge >= 0.3 is 0 Å². The van der Waals surface area contributed by atoms with E-state index in [9.17, 15) is 14.3 Å². The highest BCUT2D eigenvalue weighted by atomic mass is 19.1. The van der Waals surface area contributed by atoms with E-state index >= 15 is 0 Å². The van der Waals surface area contributed by atoms with E-state index in [0.717, 1.165) is 22.8 Å². The Labute approximate surface area is 144 Å². The van der Waals surface area contributed by atoms with Crippen molar-refractivity contribution in [3.8, 4) is 16.9 Å². The monoisotopic (exact) mass is 334 g/mol. The van der Waals surface area contributed by atoms with Crippen molar-refractivity contribution < 1.29 is 14.3 Å². The highest BCUT2D eigenvalue weighted by molar-refractivity contribution is 6.04. The van der Waals surface area contributed by atoms with Crippen molar-refractivity contribution in [3.63, 3.8) is 0 Å². The molecular weight excluding hydrogens is 319 g/mol. The van der Waals surface area contributed by atoms with Crippen LogP contribution in [0.1, 0.15) is 21.8 Å². The molecule has 0 aliphatic carbocycles. The number of ketones is 1. The minimum absolute atomic E-state index is 0.109. The molecule has 0 spiro atoms. The molecule has 1 aliphatic rings. The van der Waals surface area contributed by atoms with E-state index in [1.54, 1.807) is 6.20 Å². The molecule has 0 radical (unpaired) electrons. The summed E-state index contributed by atoms with van der Waals surface area (Å²) in [4.78, 5) is 17.3. The lowest BCUT2D eigenvalue weighted by molar-refractivity contribution is 0.0962. The number of halogens is 1. The quantitative estimate of drug-likeness (QED) is 0.711. The second-order valence-corrected chi connectivity index (χ2v) is 5.95. The van der Waals surface area contributed by atoms with Gasteiger partial charge in [0.05, 0.1) is 11.5 Å². The fraction of sp³-hybridized carbons (Fsp3) is 0.100. The van der Waals surface area contributed by atoms with Crippen LogP contribution in [-0.4, -0.2) is 22.4 Å². The lowest BCUT2D eigenvalue weighted by Crippen LogP contribution is -2.16. The van der Waals surface area contributed by atoms with Crippen LogP contribution in [0.25, 0.3) is 11.1 Å². The summed E-state index contributed by atoms with van der Waals surface area (Å²) in [6.45, 7) is 0.347. The summed E-state index contributed by atoms with van der Waals surface area (Å²) >= 11 is 0. The zero-order valence-electron chi connectivity index (χ0n) is 13.2. The molecule has 0 saturated heterocycles. The van der Waals surface area contributed by atoms with E-state index in [1.165, 1.54) is 12.1 Å². The molecule has 4 rings (SSSR count). The third-order valence-electron chi connectivity index (χ3n) is 4.43. The number of hydrogen-bond acceptors (Lipinski definition) is 4. The molecule has 2 heterocycles. The predicted molar refractivity (Wildman–Crippen MR) is 93.3 cm³/mol. The SMILES string of the molecule is O=C(c1cc(O)ccc1F)C1CNc2nccc(-c3ccccc3)c21. The molecule has 2 N–H and O–H groups in total. The van der Waals surface area contributed by atoms with Crippen molar-refractivity contribution in [1.82, 2.24) is 4.98 Å². The Hall–Kier alpha value is -3.21. The number of phenols is 1. The summed E-state index contributed by atoms with van der Waals surface area (Å²) in [7, 11) is 0. The number of benzene rings is 2. The van der Waals surface area contributed by atoms with Crippen LogP contribution in [0.5, 0.6) is 5.75 Å². The lowest BCUT2D eigenvalue weighted by Gasteiger charge is -2.14. The Bertz CT molecular complexity index is 957. The smallest absolute Gasteiger partial charge is 0.175 e. The van der Waals surface area contributed by atoms with Crippen LogP contribution in [0, 0.1) is 5.82 Å². The fourth-order valence-corrected chi connectivity index (χ4v) is 3.25. The molecule has 5 heteroatoms. The van der Waals surface area contributed by atoms with Crippen molar-refractivity contribution in [2.24, 2.45) is 0 Å². The van der Waals surface area contributed by atoms with Gasteiger partial charge in [0.25, 0.3) is 0 Å². The maximum atomic E-state index is 14.1. The fourth-order valence-electron chi connectivity index (χ4n) is 3.25. The van der Waals surface area contributed by atoms with Crippen molar-refractivity contribution in [2.75, 3.05) is 11.9 Å². The van der Waals surface area contributed by atoms with Crippen LogP contribution in [0.15, 0.2) is 60.8 Å². The largest absolute Gasteiger partial charge is 0.508 e. The second kappa shape index (κ2) is 6.02. The number of carbonyl (C=O) groups excluding carboxylic acids is 1. The van der Waals surface area contributed by atoms with Crippen LogP contribution in [-0.2, 0) is 0 Å². The summed E-state index contributed by atoms with van der Waals surface area (Å²) in [5.74, 6) is -1.06. The maximum absolute atomic E-state index is 14.1. The van der Waals surface area contributed by atoms with Gasteiger partial charge in [-0.05, 0) is 35.4 Å². The van der Waals surface area contributed by atoms with Gasteiger partial charge in [-0.15, -0.1) is 0 Å². The Morgan fingerprint density at radius 2 is 1.96 bits per heavy atom. The molecular formula is C20H15FN2O2. The number of aromatic nitrogens is 1. The van der Waals surface area contributed by atoms with Gasteiger partial charge in [-0.2, -0.15) is 0 Å². The van der Waals surface area contributed by atoms with Gasteiger partial charge in [-0.25, -0.2) is 9.37 Å². The van der Waals surface area contributed by atoms with E-state index in [2.05, 4.69) is 10.3 Å². The zero-order chi connectivity index (χ0) is 17.4. The maximum Gasteiger partial charge on any atom is 0.175 e. The second-order valence-electron chi connectivity index (χ2n) is 5.95. The number of Topliss-reactive ketones (excluding diaryl/α,β-unsaturated/α-hetero) is 1. The van der Waals surface area contributed by atoms with Crippen LogP contribution in [0.4, 0.5) is 10.2 Å². The van der Waals surface area contributed by atoms with Gasteiger partial charge in [0.1, 0.15) is 17.4 Å². The van der Waals surface area contributed by atoms with Crippen LogP contribution in [0.3, 0.4) is 0 Å². The summed E-state index contributed by atoms with van der Waals surface area (Å²) < 4.78 is 14.1. The Morgan fingerprint density at radius 1 is 1.16 bits per heavy atom. The molecule has 0 amide bonds. The van der Waals surface area contributed by atoms with E-state index in [4.69, 9.17) is 0 Å². The van der Waals surface area contributed by atoms with Crippen molar-refractivity contribution in [1.29, 1.82) is 0 Å². The van der Waals surface area contributed by atoms with Gasteiger partial charge < -0.3 is 10.4 Å². The number of nitrogens with zero attached hydrogens (tertiary/aromatic N) is 1. The third-order valence-corrected chi connectivity index (χ3v) is 4.43. The first-order chi connectivity index (χ1) is 12.1.